The zero-order valence-corrected chi connectivity index (χ0v) is 23.3. The predicted molar refractivity (Wildman–Crippen MR) is 155 cm³/mol. The normalized spacial score (nSPS) is 15.7. The Morgan fingerprint density at radius 1 is 1.07 bits per heavy atom. The second kappa shape index (κ2) is 11.4. The quantitative estimate of drug-likeness (QED) is 0.257. The van der Waals surface area contributed by atoms with Crippen LogP contribution in [0.4, 0.5) is 18.9 Å². The summed E-state index contributed by atoms with van der Waals surface area (Å²) in [6.45, 7) is 3.53. The molecule has 42 heavy (non-hydrogen) atoms. The van der Waals surface area contributed by atoms with E-state index in [1.54, 1.807) is 26.2 Å². The third-order valence-corrected chi connectivity index (χ3v) is 7.20. The topological polar surface area (TPSA) is 104 Å². The van der Waals surface area contributed by atoms with Crippen molar-refractivity contribution in [3.05, 3.63) is 95.8 Å². The molecule has 2 amide bonds. The summed E-state index contributed by atoms with van der Waals surface area (Å²) in [5.74, 6) is -0.0305. The van der Waals surface area contributed by atoms with E-state index in [9.17, 15) is 22.8 Å². The molecule has 0 radical (unpaired) electrons. The lowest BCUT2D eigenvalue weighted by molar-refractivity contribution is -0.137. The molecule has 5 rings (SSSR count). The maximum Gasteiger partial charge on any atom is 0.416 e. The second-order valence-electron chi connectivity index (χ2n) is 11.3. The van der Waals surface area contributed by atoms with Gasteiger partial charge in [-0.2, -0.15) is 13.2 Å². The van der Waals surface area contributed by atoms with Gasteiger partial charge in [-0.1, -0.05) is 48.5 Å². The molecule has 2 heterocycles. The number of carbonyl (C=O) groups excluding carboxylic acids is 2. The van der Waals surface area contributed by atoms with Crippen LogP contribution >= 0.6 is 0 Å². The molecule has 1 aromatic heterocycles. The van der Waals surface area contributed by atoms with Crippen LogP contribution in [-0.4, -0.2) is 33.4 Å². The minimum atomic E-state index is -4.52. The number of aromatic nitrogens is 2. The number of H-pyrrole nitrogens is 1. The molecule has 0 saturated carbocycles. The molecule has 1 atom stereocenters. The summed E-state index contributed by atoms with van der Waals surface area (Å²) in [7, 11) is 0. The van der Waals surface area contributed by atoms with Crippen LogP contribution in [-0.2, 0) is 28.7 Å². The number of fused-ring (bicyclic) bond motifs is 1. The number of halogens is 3. The van der Waals surface area contributed by atoms with Gasteiger partial charge in [0.1, 0.15) is 11.9 Å². The average molecular weight is 576 g/mol. The molecule has 1 aliphatic rings. The number of nitrogens with two attached hydrogens (primary N) is 1. The molecule has 0 fully saturated rings. The van der Waals surface area contributed by atoms with Crippen LogP contribution in [0.1, 0.15) is 43.4 Å². The number of aromatic amines is 1. The number of aryl methyl sites for hydroxylation is 1. The number of carbonyl (C=O) groups is 2. The number of alkyl halides is 3. The Morgan fingerprint density at radius 2 is 1.79 bits per heavy atom. The van der Waals surface area contributed by atoms with E-state index in [1.807, 2.05) is 48.5 Å². The molecule has 4 aromatic rings. The standard InChI is InChI=1S/C32H32F3N5O2/c1-31(2,36)18-28(41)39-26-13-11-22-17-23(32(33,34)35)12-14-27(22)40(30(26)42)19-20-7-9-21(10-8-20)24-5-3-4-6-25(24)29-37-15-16-38-29/h3-10,12,14-17,26H,11,13,18-19,36H2,1-2H3,(H,37,38)(H,39,41)/t26-/m1/s1. The summed E-state index contributed by atoms with van der Waals surface area (Å²) in [5.41, 5.74) is 8.86. The van der Waals surface area contributed by atoms with E-state index in [-0.39, 0.29) is 37.6 Å². The Hall–Kier alpha value is -4.44. The van der Waals surface area contributed by atoms with Crippen LogP contribution in [0, 0.1) is 0 Å². The highest BCUT2D eigenvalue weighted by Crippen LogP contribution is 2.36. The summed E-state index contributed by atoms with van der Waals surface area (Å²) in [6, 6.07) is 18.0. The third-order valence-electron chi connectivity index (χ3n) is 7.20. The maximum atomic E-state index is 13.8. The van der Waals surface area contributed by atoms with Crippen LogP contribution in [0.25, 0.3) is 22.5 Å². The number of hydrogen-bond donors (Lipinski definition) is 3. The molecule has 3 aromatic carbocycles. The number of rotatable bonds is 7. The Morgan fingerprint density at radius 3 is 2.43 bits per heavy atom. The first kappa shape index (κ1) is 29.1. The van der Waals surface area contributed by atoms with E-state index in [0.717, 1.165) is 40.2 Å². The first-order valence-corrected chi connectivity index (χ1v) is 13.7. The highest BCUT2D eigenvalue weighted by atomic mass is 19.4. The minimum absolute atomic E-state index is 0.00287. The molecular weight excluding hydrogens is 543 g/mol. The molecule has 10 heteroatoms. The molecule has 0 spiro atoms. The smallest absolute Gasteiger partial charge is 0.345 e. The first-order chi connectivity index (χ1) is 19.9. The van der Waals surface area contributed by atoms with Crippen molar-refractivity contribution < 1.29 is 22.8 Å². The second-order valence-corrected chi connectivity index (χ2v) is 11.3. The first-order valence-electron chi connectivity index (χ1n) is 13.7. The van der Waals surface area contributed by atoms with Gasteiger partial charge in [-0.05, 0) is 67.1 Å². The van der Waals surface area contributed by atoms with Crippen LogP contribution in [0.15, 0.2) is 79.1 Å². The molecule has 7 nitrogen and oxygen atoms in total. The minimum Gasteiger partial charge on any atom is -0.345 e. The van der Waals surface area contributed by atoms with Crippen molar-refractivity contribution >= 4 is 17.5 Å². The van der Waals surface area contributed by atoms with E-state index in [0.29, 0.717) is 11.3 Å². The summed E-state index contributed by atoms with van der Waals surface area (Å²) in [5, 5.41) is 2.77. The van der Waals surface area contributed by atoms with Crippen molar-refractivity contribution in [3.63, 3.8) is 0 Å². The Bertz CT molecular complexity index is 1580. The van der Waals surface area contributed by atoms with Crippen LogP contribution in [0.2, 0.25) is 0 Å². The number of nitrogens with zero attached hydrogens (tertiary/aromatic N) is 2. The number of anilines is 1. The van der Waals surface area contributed by atoms with Crippen molar-refractivity contribution in [1.82, 2.24) is 15.3 Å². The number of imidazole rings is 1. The third kappa shape index (κ3) is 6.54. The average Bonchev–Trinajstić information content (AvgIpc) is 3.44. The molecule has 0 unspecified atom stereocenters. The SMILES string of the molecule is CC(C)(N)CC(=O)N[C@@H]1CCc2cc(C(F)(F)F)ccc2N(Cc2ccc(-c3ccccc3-c3ncc[nH]3)cc2)C1=O. The van der Waals surface area contributed by atoms with Gasteiger partial charge in [0, 0.05) is 35.6 Å². The molecule has 218 valence electrons. The Labute approximate surface area is 242 Å². The molecule has 4 N–H and O–H groups in total. The molecule has 0 bridgehead atoms. The van der Waals surface area contributed by atoms with Crippen LogP contribution in [0.3, 0.4) is 0 Å². The number of benzene rings is 3. The molecule has 1 aliphatic heterocycles. The lowest BCUT2D eigenvalue weighted by Crippen LogP contribution is -2.49. The van der Waals surface area contributed by atoms with Gasteiger partial charge in [0.15, 0.2) is 0 Å². The lowest BCUT2D eigenvalue weighted by atomic mass is 9.98. The lowest BCUT2D eigenvalue weighted by Gasteiger charge is -2.27. The molecule has 0 saturated heterocycles. The van der Waals surface area contributed by atoms with Crippen molar-refractivity contribution in [1.29, 1.82) is 0 Å². The van der Waals surface area contributed by atoms with Gasteiger partial charge in [0.05, 0.1) is 12.1 Å². The van der Waals surface area contributed by atoms with Gasteiger partial charge in [-0.15, -0.1) is 0 Å². The highest BCUT2D eigenvalue weighted by molar-refractivity contribution is 6.00. The summed E-state index contributed by atoms with van der Waals surface area (Å²) < 4.78 is 40.6. The number of amides is 2. The Balaban J connectivity index is 1.45. The fourth-order valence-electron chi connectivity index (χ4n) is 5.24. The van der Waals surface area contributed by atoms with Gasteiger partial charge in [0.2, 0.25) is 11.8 Å². The highest BCUT2D eigenvalue weighted by Gasteiger charge is 2.35. The Kier molecular flexibility index (Phi) is 7.92. The van der Waals surface area contributed by atoms with Crippen molar-refractivity contribution in [3.8, 4) is 22.5 Å². The number of nitrogens with one attached hydrogen (secondary N) is 2. The number of hydrogen-bond acceptors (Lipinski definition) is 4. The maximum absolute atomic E-state index is 13.8. The van der Waals surface area contributed by atoms with Gasteiger partial charge in [-0.3, -0.25) is 9.59 Å². The van der Waals surface area contributed by atoms with E-state index >= 15 is 0 Å². The summed E-state index contributed by atoms with van der Waals surface area (Å²) >= 11 is 0. The zero-order valence-electron chi connectivity index (χ0n) is 23.3. The monoisotopic (exact) mass is 575 g/mol. The summed E-state index contributed by atoms with van der Waals surface area (Å²) in [6.07, 6.45) is -0.698. The van der Waals surface area contributed by atoms with Crippen molar-refractivity contribution in [2.75, 3.05) is 4.90 Å². The van der Waals surface area contributed by atoms with Crippen molar-refractivity contribution in [2.45, 2.75) is 57.4 Å². The van der Waals surface area contributed by atoms with Gasteiger partial charge < -0.3 is 20.9 Å². The fraction of sp³-hybridized carbons (Fsp3) is 0.281. The van der Waals surface area contributed by atoms with E-state index in [4.69, 9.17) is 5.73 Å². The van der Waals surface area contributed by atoms with Crippen LogP contribution in [0.5, 0.6) is 0 Å². The predicted octanol–water partition coefficient (Wildman–Crippen LogP) is 5.85. The van der Waals surface area contributed by atoms with Crippen molar-refractivity contribution in [2.24, 2.45) is 5.73 Å². The van der Waals surface area contributed by atoms with E-state index in [1.165, 1.54) is 11.0 Å². The molecule has 0 aliphatic carbocycles. The van der Waals surface area contributed by atoms with Gasteiger partial charge in [0.25, 0.3) is 0 Å². The van der Waals surface area contributed by atoms with E-state index < -0.39 is 23.3 Å². The van der Waals surface area contributed by atoms with Crippen LogP contribution < -0.4 is 16.0 Å². The van der Waals surface area contributed by atoms with Gasteiger partial charge >= 0.3 is 6.18 Å². The largest absolute Gasteiger partial charge is 0.416 e. The van der Waals surface area contributed by atoms with Gasteiger partial charge in [-0.25, -0.2) is 4.98 Å². The zero-order chi connectivity index (χ0) is 30.1. The van der Waals surface area contributed by atoms with E-state index in [2.05, 4.69) is 15.3 Å². The molecular formula is C32H32F3N5O2. The fourth-order valence-corrected chi connectivity index (χ4v) is 5.24. The summed E-state index contributed by atoms with van der Waals surface area (Å²) in [4.78, 5) is 35.4.